The fraction of sp³-hybridized carbons (Fsp3) is 0.711. The van der Waals surface area contributed by atoms with E-state index in [9.17, 15) is 34.6 Å². The van der Waals surface area contributed by atoms with Gasteiger partial charge in [0, 0.05) is 39.1 Å². The first kappa shape index (κ1) is 45.9. The third kappa shape index (κ3) is 12.1. The predicted molar refractivity (Wildman–Crippen MR) is 204 cm³/mol. The standard InChI is InChI=1S/C38H62N8O8/c1-11-23(4)33(45(8)37(50)32(25(6)43-44-39)42-36(49)31(40-7)22(2)3)29(53-9)21-30(47)46-19-15-18-28(46)34(54-10)24(5)35(48)41-27(38(51)52)20-26-16-13-12-14-17-26/h12-14,16-17,22-25,27-29,31-34,40H,11,15,18-21H2,1-10H3,(H,41,48)(H,42,49)(H,51,52)/t23-,24+,25-,27-,28-,29+,31-,32-,33-,34+/m0/s1. The first-order valence-corrected chi connectivity index (χ1v) is 18.8. The van der Waals surface area contributed by atoms with Gasteiger partial charge in [0.1, 0.15) is 12.1 Å². The van der Waals surface area contributed by atoms with Crippen LogP contribution in [-0.4, -0.2) is 128 Å². The van der Waals surface area contributed by atoms with E-state index in [0.717, 1.165) is 5.56 Å². The number of carbonyl (C=O) groups is 5. The number of ether oxygens (including phenoxy) is 2. The number of hydrogen-bond donors (Lipinski definition) is 4. The first-order valence-electron chi connectivity index (χ1n) is 18.8. The summed E-state index contributed by atoms with van der Waals surface area (Å²) in [6.45, 7) is 11.3. The van der Waals surface area contributed by atoms with Crippen molar-refractivity contribution in [3.63, 3.8) is 0 Å². The van der Waals surface area contributed by atoms with Gasteiger partial charge in [-0.2, -0.15) is 0 Å². The van der Waals surface area contributed by atoms with Gasteiger partial charge in [-0.15, -0.1) is 0 Å². The second kappa shape index (κ2) is 22.2. The van der Waals surface area contributed by atoms with Crippen molar-refractivity contribution in [2.75, 3.05) is 34.9 Å². The Bertz CT molecular complexity index is 1440. The van der Waals surface area contributed by atoms with Gasteiger partial charge in [0.2, 0.25) is 23.6 Å². The molecule has 10 atom stereocenters. The minimum atomic E-state index is -1.18. The van der Waals surface area contributed by atoms with Crippen LogP contribution in [0.5, 0.6) is 0 Å². The minimum Gasteiger partial charge on any atom is -0.480 e. The van der Waals surface area contributed by atoms with E-state index >= 15 is 0 Å². The average molecular weight is 759 g/mol. The number of nitrogens with one attached hydrogen (secondary N) is 3. The minimum absolute atomic E-state index is 0.0826. The first-order chi connectivity index (χ1) is 25.6. The summed E-state index contributed by atoms with van der Waals surface area (Å²) in [5.41, 5.74) is 9.96. The number of benzene rings is 1. The molecular weight excluding hydrogens is 696 g/mol. The van der Waals surface area contributed by atoms with E-state index in [-0.39, 0.29) is 30.6 Å². The second-order valence-electron chi connectivity index (χ2n) is 14.6. The molecule has 16 nitrogen and oxygen atoms in total. The van der Waals surface area contributed by atoms with Gasteiger partial charge in [0.05, 0.1) is 48.7 Å². The second-order valence-corrected chi connectivity index (χ2v) is 14.6. The third-order valence-corrected chi connectivity index (χ3v) is 10.7. The van der Waals surface area contributed by atoms with Gasteiger partial charge in [0.15, 0.2) is 0 Å². The smallest absolute Gasteiger partial charge is 0.326 e. The Morgan fingerprint density at radius 1 is 1.02 bits per heavy atom. The lowest BCUT2D eigenvalue weighted by atomic mass is 9.89. The molecule has 1 saturated heterocycles. The predicted octanol–water partition coefficient (Wildman–Crippen LogP) is 3.15. The summed E-state index contributed by atoms with van der Waals surface area (Å²) in [5, 5.41) is 22.0. The van der Waals surface area contributed by atoms with Crippen molar-refractivity contribution < 1.29 is 38.6 Å². The lowest BCUT2D eigenvalue weighted by Gasteiger charge is -2.41. The lowest BCUT2D eigenvalue weighted by molar-refractivity contribution is -0.148. The van der Waals surface area contributed by atoms with Gasteiger partial charge >= 0.3 is 5.97 Å². The molecule has 0 saturated carbocycles. The number of aliphatic carboxylic acids is 1. The fourth-order valence-electron chi connectivity index (χ4n) is 7.43. The van der Waals surface area contributed by atoms with Gasteiger partial charge in [0.25, 0.3) is 0 Å². The summed E-state index contributed by atoms with van der Waals surface area (Å²) in [6, 6.07) is 4.11. The number of rotatable bonds is 22. The highest BCUT2D eigenvalue weighted by Gasteiger charge is 2.43. The van der Waals surface area contributed by atoms with E-state index in [1.807, 2.05) is 33.8 Å². The maximum Gasteiger partial charge on any atom is 0.326 e. The van der Waals surface area contributed by atoms with E-state index in [4.69, 9.17) is 9.47 Å². The quantitative estimate of drug-likeness (QED) is 0.0775. The molecule has 0 aromatic heterocycles. The number of carbonyl (C=O) groups excluding carboxylic acids is 4. The van der Waals surface area contributed by atoms with E-state index in [2.05, 4.69) is 26.0 Å². The van der Waals surface area contributed by atoms with Crippen molar-refractivity contribution in [2.24, 2.45) is 22.9 Å². The molecule has 0 radical (unpaired) electrons. The van der Waals surface area contributed by atoms with E-state index in [1.165, 1.54) is 19.1 Å². The number of carboxylic acid groups (broad SMARTS) is 1. The Morgan fingerprint density at radius 2 is 1.67 bits per heavy atom. The van der Waals surface area contributed by atoms with Crippen molar-refractivity contribution in [1.29, 1.82) is 0 Å². The number of amides is 4. The SMILES string of the molecule is CC[C@H](C)[C@@H]([C@@H](CC(=O)N1CCC[C@H]1[C@H](OC)[C@@H](C)C(=O)N[C@@H](Cc1ccccc1)C(=O)O)OC)N(C)C(=O)[C@@H](NC(=O)[C@@H](NC)C(C)C)[C@H](C)N=[N+]=[N-]. The van der Waals surface area contributed by atoms with E-state index in [0.29, 0.717) is 25.8 Å². The zero-order valence-corrected chi connectivity index (χ0v) is 33.5. The molecule has 4 N–H and O–H groups in total. The summed E-state index contributed by atoms with van der Waals surface area (Å²) in [5.74, 6) is -3.83. The maximum atomic E-state index is 14.2. The molecule has 0 bridgehead atoms. The molecule has 0 aliphatic carbocycles. The van der Waals surface area contributed by atoms with Crippen LogP contribution in [0.15, 0.2) is 35.4 Å². The van der Waals surface area contributed by atoms with Gasteiger partial charge in [-0.1, -0.05) is 83.4 Å². The van der Waals surface area contributed by atoms with Gasteiger partial charge < -0.3 is 40.3 Å². The number of hydrogen-bond acceptors (Lipinski definition) is 9. The molecule has 0 unspecified atom stereocenters. The average Bonchev–Trinajstić information content (AvgIpc) is 3.63. The molecule has 302 valence electrons. The summed E-state index contributed by atoms with van der Waals surface area (Å²) >= 11 is 0. The Labute approximate surface area is 319 Å². The number of azide groups is 1. The lowest BCUT2D eigenvalue weighted by Crippen LogP contribution is -2.60. The van der Waals surface area contributed by atoms with Crippen LogP contribution >= 0.6 is 0 Å². The maximum absolute atomic E-state index is 14.2. The van der Waals surface area contributed by atoms with Crippen LogP contribution in [0.25, 0.3) is 10.4 Å². The van der Waals surface area contributed by atoms with E-state index < -0.39 is 78.1 Å². The van der Waals surface area contributed by atoms with Crippen LogP contribution in [0.1, 0.15) is 72.8 Å². The van der Waals surface area contributed by atoms with Crippen molar-refractivity contribution in [2.45, 2.75) is 122 Å². The van der Waals surface area contributed by atoms with Crippen LogP contribution in [0.3, 0.4) is 0 Å². The van der Waals surface area contributed by atoms with E-state index in [1.54, 1.807) is 57.1 Å². The van der Waals surface area contributed by atoms with Crippen LogP contribution < -0.4 is 16.0 Å². The molecule has 1 aromatic rings. The zero-order chi connectivity index (χ0) is 40.7. The summed E-state index contributed by atoms with van der Waals surface area (Å²) in [6.07, 6.45) is 0.417. The zero-order valence-electron chi connectivity index (χ0n) is 33.5. The highest BCUT2D eigenvalue weighted by Crippen LogP contribution is 2.29. The largest absolute Gasteiger partial charge is 0.480 e. The van der Waals surface area contributed by atoms with Crippen LogP contribution in [0.2, 0.25) is 0 Å². The Kier molecular flexibility index (Phi) is 18.9. The van der Waals surface area contributed by atoms with Gasteiger partial charge in [-0.25, -0.2) is 4.79 Å². The summed E-state index contributed by atoms with van der Waals surface area (Å²) in [4.78, 5) is 73.2. The van der Waals surface area contributed by atoms with Gasteiger partial charge in [-0.3, -0.25) is 19.2 Å². The van der Waals surface area contributed by atoms with Crippen molar-refractivity contribution >= 4 is 29.6 Å². The number of nitrogens with zero attached hydrogens (tertiary/aromatic N) is 5. The van der Waals surface area contributed by atoms with Crippen LogP contribution in [-0.2, 0) is 39.9 Å². The fourth-order valence-corrected chi connectivity index (χ4v) is 7.43. The molecule has 1 heterocycles. The normalized spacial score (nSPS) is 19.2. The molecule has 1 fully saturated rings. The van der Waals surface area contributed by atoms with Crippen molar-refractivity contribution in [3.05, 3.63) is 46.3 Å². The Hall–Kier alpha value is -4.24. The monoisotopic (exact) mass is 758 g/mol. The highest BCUT2D eigenvalue weighted by molar-refractivity contribution is 5.91. The number of likely N-dealkylation sites (tertiary alicyclic amines) is 1. The molecule has 4 amide bonds. The molecule has 1 aliphatic rings. The van der Waals surface area contributed by atoms with Crippen molar-refractivity contribution in [1.82, 2.24) is 25.8 Å². The highest BCUT2D eigenvalue weighted by atomic mass is 16.5. The molecule has 0 spiro atoms. The molecule has 2 rings (SSSR count). The number of likely N-dealkylation sites (N-methyl/N-ethyl adjacent to an activating group) is 2. The third-order valence-electron chi connectivity index (χ3n) is 10.7. The number of methoxy groups -OCH3 is 2. The molecule has 16 heteroatoms. The van der Waals surface area contributed by atoms with Crippen molar-refractivity contribution in [3.8, 4) is 0 Å². The number of carboxylic acids is 1. The summed E-state index contributed by atoms with van der Waals surface area (Å²) < 4.78 is 11.8. The topological polar surface area (TPSA) is 215 Å². The molecular formula is C38H62N8O8. The molecule has 1 aliphatic heterocycles. The molecule has 54 heavy (non-hydrogen) atoms. The Balaban J connectivity index is 2.31. The van der Waals surface area contributed by atoms with Crippen LogP contribution in [0, 0.1) is 17.8 Å². The van der Waals surface area contributed by atoms with Gasteiger partial charge in [-0.05, 0) is 42.8 Å². The van der Waals surface area contributed by atoms with Crippen LogP contribution in [0.4, 0.5) is 0 Å². The Morgan fingerprint density at radius 3 is 2.19 bits per heavy atom. The molecule has 1 aromatic carbocycles. The summed E-state index contributed by atoms with van der Waals surface area (Å²) in [7, 11) is 6.20.